The van der Waals surface area contributed by atoms with Gasteiger partial charge in [-0.15, -0.1) is 0 Å². The fourth-order valence-electron chi connectivity index (χ4n) is 0.677. The van der Waals surface area contributed by atoms with Crippen LogP contribution in [0.4, 0.5) is 0 Å². The lowest BCUT2D eigenvalue weighted by Crippen LogP contribution is -3.00. The average molecular weight is 227 g/mol. The van der Waals surface area contributed by atoms with Crippen molar-refractivity contribution in [2.75, 3.05) is 0 Å². The van der Waals surface area contributed by atoms with Gasteiger partial charge in [0.1, 0.15) is 0 Å². The number of hydrogen-bond acceptors (Lipinski definition) is 0. The van der Waals surface area contributed by atoms with Gasteiger partial charge in [0.25, 0.3) is 0 Å². The molecule has 0 radical (unpaired) electrons. The molecule has 0 unspecified atom stereocenters. The Labute approximate surface area is 70.1 Å². The molecule has 0 rings (SSSR count). The lowest BCUT2D eigenvalue weighted by Gasteiger charge is -1.90. The zero-order valence-corrected chi connectivity index (χ0v) is 8.07. The molecule has 0 heterocycles. The van der Waals surface area contributed by atoms with Crippen molar-refractivity contribution in [2.45, 2.75) is 46.0 Å². The van der Waals surface area contributed by atoms with Crippen molar-refractivity contribution in [1.82, 2.24) is 0 Å². The summed E-state index contributed by atoms with van der Waals surface area (Å²) in [6.45, 7) is 4.49. The molecule has 0 atom stereocenters. The highest BCUT2D eigenvalue weighted by molar-refractivity contribution is 4.35. The average Bonchev–Trinajstić information content (AvgIpc) is 1.69. The van der Waals surface area contributed by atoms with Crippen LogP contribution in [0.2, 0.25) is 0 Å². The summed E-state index contributed by atoms with van der Waals surface area (Å²) in [5.41, 5.74) is 0. The molecule has 52 valence electrons. The van der Waals surface area contributed by atoms with Gasteiger partial charge in [0.2, 0.25) is 0 Å². The van der Waals surface area contributed by atoms with E-state index < -0.39 is 0 Å². The third-order valence-electron chi connectivity index (χ3n) is 1.21. The second-order valence-electron chi connectivity index (χ2n) is 2.06. The van der Waals surface area contributed by atoms with Gasteiger partial charge in [-0.05, 0) is 0 Å². The normalized spacial score (nSPS) is 8.25. The molecule has 8 heavy (non-hydrogen) atoms. The van der Waals surface area contributed by atoms with Gasteiger partial charge in [-0.3, -0.25) is 0 Å². The van der Waals surface area contributed by atoms with Gasteiger partial charge in [-0.25, -0.2) is 0 Å². The molecule has 0 nitrogen and oxygen atoms in total. The molecule has 0 aromatic carbocycles. The Morgan fingerprint density at radius 2 is 1.12 bits per heavy atom. The molecule has 0 aliphatic heterocycles. The molecule has 0 spiro atoms. The molecule has 0 amide bonds. The summed E-state index contributed by atoms with van der Waals surface area (Å²) in [5, 5.41) is 0. The first-order valence-corrected chi connectivity index (χ1v) is 3.41. The van der Waals surface area contributed by atoms with Gasteiger partial charge in [0, 0.05) is 0 Å². The van der Waals surface area contributed by atoms with E-state index in [1.807, 2.05) is 0 Å². The van der Waals surface area contributed by atoms with Crippen LogP contribution in [-0.2, 0) is 0 Å². The summed E-state index contributed by atoms with van der Waals surface area (Å²) in [6.07, 6.45) is 7.01. The minimum Gasteiger partial charge on any atom is -1.00 e. The smallest absolute Gasteiger partial charge is 0.0533 e. The molecular weight excluding hydrogens is 211 g/mol. The number of halogens is 1. The summed E-state index contributed by atoms with van der Waals surface area (Å²) in [7, 11) is 0. The van der Waals surface area contributed by atoms with Crippen molar-refractivity contribution in [3.8, 4) is 0 Å². The largest absolute Gasteiger partial charge is 1.00 e. The maximum atomic E-state index is 2.25. The summed E-state index contributed by atoms with van der Waals surface area (Å²) < 4.78 is 0. The fourth-order valence-corrected chi connectivity index (χ4v) is 0.677. The summed E-state index contributed by atoms with van der Waals surface area (Å²) in [6, 6.07) is 0. The van der Waals surface area contributed by atoms with Gasteiger partial charge < -0.3 is 24.0 Å². The predicted octanol–water partition coefficient (Wildman–Crippen LogP) is -0.0193. The Bertz CT molecular complexity index is 23.6. The predicted molar refractivity (Wildman–Crippen MR) is 34.4 cm³/mol. The summed E-state index contributed by atoms with van der Waals surface area (Å²) in [4.78, 5) is 0. The highest BCUT2D eigenvalue weighted by atomic mass is 127. The van der Waals surface area contributed by atoms with E-state index in [-0.39, 0.29) is 24.0 Å². The number of rotatable bonds is 4. The molecular formula is C7H16I-. The van der Waals surface area contributed by atoms with Crippen molar-refractivity contribution in [3.63, 3.8) is 0 Å². The standard InChI is InChI=1S/C7H16.HI/c1-3-5-7-6-4-2;/h3-7H2,1-2H3;1H/p-1. The summed E-state index contributed by atoms with van der Waals surface area (Å²) in [5.74, 6) is 0. The third-order valence-corrected chi connectivity index (χ3v) is 1.21. The van der Waals surface area contributed by atoms with Gasteiger partial charge in [-0.2, -0.15) is 0 Å². The van der Waals surface area contributed by atoms with Gasteiger partial charge >= 0.3 is 0 Å². The van der Waals surface area contributed by atoms with Crippen molar-refractivity contribution in [3.05, 3.63) is 0 Å². The minimum absolute atomic E-state index is 0. The highest BCUT2D eigenvalue weighted by Gasteiger charge is 1.80. The molecule has 0 saturated carbocycles. The van der Waals surface area contributed by atoms with Crippen LogP contribution >= 0.6 is 0 Å². The van der Waals surface area contributed by atoms with Gasteiger partial charge in [0.05, 0.1) is 0 Å². The Morgan fingerprint density at radius 3 is 1.38 bits per heavy atom. The Balaban J connectivity index is 0. The lowest BCUT2D eigenvalue weighted by atomic mass is 10.2. The van der Waals surface area contributed by atoms with E-state index in [9.17, 15) is 0 Å². The van der Waals surface area contributed by atoms with Crippen molar-refractivity contribution >= 4 is 0 Å². The number of hydrogen-bond donors (Lipinski definition) is 0. The Hall–Kier alpha value is 0.730. The van der Waals surface area contributed by atoms with Crippen molar-refractivity contribution < 1.29 is 24.0 Å². The van der Waals surface area contributed by atoms with E-state index in [4.69, 9.17) is 0 Å². The fraction of sp³-hybridized carbons (Fsp3) is 1.00. The van der Waals surface area contributed by atoms with E-state index >= 15 is 0 Å². The van der Waals surface area contributed by atoms with E-state index in [1.54, 1.807) is 0 Å². The van der Waals surface area contributed by atoms with E-state index in [0.717, 1.165) is 0 Å². The first-order chi connectivity index (χ1) is 3.41. The molecule has 0 bridgehead atoms. The van der Waals surface area contributed by atoms with Crippen molar-refractivity contribution in [1.29, 1.82) is 0 Å². The summed E-state index contributed by atoms with van der Waals surface area (Å²) >= 11 is 0. The van der Waals surface area contributed by atoms with Crippen LogP contribution in [0, 0.1) is 0 Å². The zero-order valence-electron chi connectivity index (χ0n) is 5.91. The Morgan fingerprint density at radius 1 is 0.750 bits per heavy atom. The van der Waals surface area contributed by atoms with Crippen LogP contribution in [0.15, 0.2) is 0 Å². The lowest BCUT2D eigenvalue weighted by molar-refractivity contribution is -0.00000170. The molecule has 0 aliphatic rings. The Kier molecular flexibility index (Phi) is 15.4. The second kappa shape index (κ2) is 10.7. The van der Waals surface area contributed by atoms with Crippen LogP contribution in [0.5, 0.6) is 0 Å². The third kappa shape index (κ3) is 9.88. The highest BCUT2D eigenvalue weighted by Crippen LogP contribution is 2.00. The molecule has 0 aliphatic carbocycles. The van der Waals surface area contributed by atoms with Crippen LogP contribution in [0.1, 0.15) is 46.0 Å². The van der Waals surface area contributed by atoms with E-state index in [0.29, 0.717) is 0 Å². The van der Waals surface area contributed by atoms with Gasteiger partial charge in [-0.1, -0.05) is 46.0 Å². The quantitative estimate of drug-likeness (QED) is 0.467. The maximum absolute atomic E-state index is 2.25. The molecule has 1 heteroatoms. The second-order valence-corrected chi connectivity index (χ2v) is 2.06. The molecule has 0 aromatic rings. The topological polar surface area (TPSA) is 0 Å². The monoisotopic (exact) mass is 227 g/mol. The molecule has 0 fully saturated rings. The van der Waals surface area contributed by atoms with Crippen LogP contribution in [0.25, 0.3) is 0 Å². The van der Waals surface area contributed by atoms with E-state index in [1.165, 1.54) is 32.1 Å². The van der Waals surface area contributed by atoms with Crippen molar-refractivity contribution in [2.24, 2.45) is 0 Å². The minimum atomic E-state index is 0. The first-order valence-electron chi connectivity index (χ1n) is 3.41. The van der Waals surface area contributed by atoms with Crippen LogP contribution in [0.3, 0.4) is 0 Å². The molecule has 0 N–H and O–H groups in total. The zero-order chi connectivity index (χ0) is 5.54. The first kappa shape index (κ1) is 11.5. The maximum Gasteiger partial charge on any atom is -0.0533 e. The number of unbranched alkanes of at least 4 members (excludes halogenated alkanes) is 4. The van der Waals surface area contributed by atoms with Crippen LogP contribution < -0.4 is 24.0 Å². The molecule has 0 aromatic heterocycles. The SMILES string of the molecule is CCCCCCC.[I-]. The van der Waals surface area contributed by atoms with Gasteiger partial charge in [0.15, 0.2) is 0 Å². The van der Waals surface area contributed by atoms with Crippen LogP contribution in [-0.4, -0.2) is 0 Å². The van der Waals surface area contributed by atoms with E-state index in [2.05, 4.69) is 13.8 Å². The molecule has 0 saturated heterocycles.